The molecule has 19 heavy (non-hydrogen) atoms. The van der Waals surface area contributed by atoms with Gasteiger partial charge >= 0.3 is 0 Å². The highest BCUT2D eigenvalue weighted by Gasteiger charge is 2.25. The zero-order chi connectivity index (χ0) is 13.5. The highest BCUT2D eigenvalue weighted by molar-refractivity contribution is 5.93. The van der Waals surface area contributed by atoms with Gasteiger partial charge in [0.05, 0.1) is 0 Å². The molecule has 1 heteroatoms. The lowest BCUT2D eigenvalue weighted by molar-refractivity contribution is 0.472. The second-order valence-corrected chi connectivity index (χ2v) is 6.35. The molecule has 0 aliphatic heterocycles. The fourth-order valence-corrected chi connectivity index (χ4v) is 3.41. The number of nitrogens with one attached hydrogen (secondary N) is 1. The topological polar surface area (TPSA) is 12.0 Å². The van der Waals surface area contributed by atoms with Gasteiger partial charge in [-0.15, -0.1) is 0 Å². The summed E-state index contributed by atoms with van der Waals surface area (Å²) in [5.74, 6) is 0. The number of hydrogen-bond donors (Lipinski definition) is 1. The first-order valence-corrected chi connectivity index (χ1v) is 7.32. The van der Waals surface area contributed by atoms with Gasteiger partial charge in [0.1, 0.15) is 0 Å². The number of aryl methyl sites for hydroxylation is 2. The average Bonchev–Trinajstić information content (AvgIpc) is 2.82. The molecule has 0 amide bonds. The van der Waals surface area contributed by atoms with E-state index in [-0.39, 0.29) is 5.41 Å². The lowest BCUT2D eigenvalue weighted by atomic mass is 9.78. The molecule has 0 saturated carbocycles. The molecule has 1 aliphatic rings. The molecule has 0 saturated heterocycles. The molecule has 1 N–H and O–H groups in total. The van der Waals surface area contributed by atoms with E-state index in [4.69, 9.17) is 0 Å². The molecule has 0 unspecified atom stereocenters. The predicted molar refractivity (Wildman–Crippen MR) is 82.9 cm³/mol. The SMILES string of the molecule is CNCCC(C)(C)c1ccc2c3c(cccc13)CC2. The van der Waals surface area contributed by atoms with Crippen LogP contribution in [-0.4, -0.2) is 13.6 Å². The first kappa shape index (κ1) is 12.7. The minimum Gasteiger partial charge on any atom is -0.320 e. The molecule has 0 atom stereocenters. The molecule has 0 bridgehead atoms. The van der Waals surface area contributed by atoms with Gasteiger partial charge < -0.3 is 5.32 Å². The Morgan fingerprint density at radius 2 is 1.79 bits per heavy atom. The van der Waals surface area contributed by atoms with Crippen LogP contribution in [0.15, 0.2) is 30.3 Å². The summed E-state index contributed by atoms with van der Waals surface area (Å²) in [7, 11) is 2.03. The first-order valence-electron chi connectivity index (χ1n) is 7.32. The van der Waals surface area contributed by atoms with Gasteiger partial charge in [0.2, 0.25) is 0 Å². The number of hydrogen-bond acceptors (Lipinski definition) is 1. The van der Waals surface area contributed by atoms with Crippen LogP contribution in [0.4, 0.5) is 0 Å². The van der Waals surface area contributed by atoms with Crippen molar-refractivity contribution in [3.05, 3.63) is 47.0 Å². The quantitative estimate of drug-likeness (QED) is 0.873. The van der Waals surface area contributed by atoms with Crippen molar-refractivity contribution in [2.45, 2.75) is 38.5 Å². The highest BCUT2D eigenvalue weighted by Crippen LogP contribution is 2.38. The van der Waals surface area contributed by atoms with Crippen LogP contribution in [0.2, 0.25) is 0 Å². The Kier molecular flexibility index (Phi) is 3.10. The monoisotopic (exact) mass is 253 g/mol. The van der Waals surface area contributed by atoms with Gasteiger partial charge in [-0.3, -0.25) is 0 Å². The van der Waals surface area contributed by atoms with E-state index in [9.17, 15) is 0 Å². The van der Waals surface area contributed by atoms with Gasteiger partial charge in [0, 0.05) is 0 Å². The summed E-state index contributed by atoms with van der Waals surface area (Å²) < 4.78 is 0. The summed E-state index contributed by atoms with van der Waals surface area (Å²) in [6.07, 6.45) is 3.60. The molecule has 0 fully saturated rings. The summed E-state index contributed by atoms with van der Waals surface area (Å²) in [4.78, 5) is 0. The van der Waals surface area contributed by atoms with Crippen molar-refractivity contribution < 1.29 is 0 Å². The molecule has 100 valence electrons. The van der Waals surface area contributed by atoms with Crippen LogP contribution in [0, 0.1) is 0 Å². The van der Waals surface area contributed by atoms with Gasteiger partial charge in [0.15, 0.2) is 0 Å². The Morgan fingerprint density at radius 1 is 1.05 bits per heavy atom. The zero-order valence-corrected chi connectivity index (χ0v) is 12.2. The van der Waals surface area contributed by atoms with E-state index in [0.29, 0.717) is 0 Å². The van der Waals surface area contributed by atoms with Crippen molar-refractivity contribution in [1.29, 1.82) is 0 Å². The van der Waals surface area contributed by atoms with E-state index >= 15 is 0 Å². The molecule has 0 radical (unpaired) electrons. The highest BCUT2D eigenvalue weighted by atomic mass is 14.8. The van der Waals surface area contributed by atoms with Crippen LogP contribution in [0.25, 0.3) is 10.8 Å². The molecular formula is C18H23N. The zero-order valence-electron chi connectivity index (χ0n) is 12.2. The third-order valence-corrected chi connectivity index (χ3v) is 4.61. The van der Waals surface area contributed by atoms with Gasteiger partial charge in [-0.1, -0.05) is 44.2 Å². The fourth-order valence-electron chi connectivity index (χ4n) is 3.41. The molecule has 1 nitrogen and oxygen atoms in total. The van der Waals surface area contributed by atoms with Crippen molar-refractivity contribution in [3.63, 3.8) is 0 Å². The van der Waals surface area contributed by atoms with E-state index in [1.807, 2.05) is 7.05 Å². The van der Waals surface area contributed by atoms with Crippen LogP contribution in [0.1, 0.15) is 37.0 Å². The third kappa shape index (κ3) is 2.06. The summed E-state index contributed by atoms with van der Waals surface area (Å²) in [6, 6.07) is 11.6. The molecular weight excluding hydrogens is 230 g/mol. The van der Waals surface area contributed by atoms with Crippen LogP contribution in [0.3, 0.4) is 0 Å². The van der Waals surface area contributed by atoms with E-state index in [1.54, 1.807) is 11.1 Å². The van der Waals surface area contributed by atoms with E-state index in [1.165, 1.54) is 35.6 Å². The van der Waals surface area contributed by atoms with E-state index in [2.05, 4.69) is 49.5 Å². The third-order valence-electron chi connectivity index (χ3n) is 4.61. The Bertz CT molecular complexity index is 600. The fraction of sp³-hybridized carbons (Fsp3) is 0.444. The lowest BCUT2D eigenvalue weighted by Crippen LogP contribution is -2.23. The molecule has 2 aromatic rings. The van der Waals surface area contributed by atoms with Crippen molar-refractivity contribution in [1.82, 2.24) is 5.32 Å². The van der Waals surface area contributed by atoms with Gasteiger partial charge in [-0.25, -0.2) is 0 Å². The first-order chi connectivity index (χ1) is 9.13. The Labute approximate surface area is 116 Å². The summed E-state index contributed by atoms with van der Waals surface area (Å²) >= 11 is 0. The molecule has 0 spiro atoms. The summed E-state index contributed by atoms with van der Waals surface area (Å²) in [5.41, 5.74) is 4.81. The summed E-state index contributed by atoms with van der Waals surface area (Å²) in [5, 5.41) is 6.30. The Balaban J connectivity index is 2.15. The van der Waals surface area contributed by atoms with Crippen molar-refractivity contribution in [2.75, 3.05) is 13.6 Å². The van der Waals surface area contributed by atoms with Crippen molar-refractivity contribution in [2.24, 2.45) is 0 Å². The minimum atomic E-state index is 0.225. The van der Waals surface area contributed by atoms with Gasteiger partial charge in [-0.2, -0.15) is 0 Å². The van der Waals surface area contributed by atoms with Crippen LogP contribution in [0.5, 0.6) is 0 Å². The molecule has 3 rings (SSSR count). The van der Waals surface area contributed by atoms with Crippen molar-refractivity contribution in [3.8, 4) is 0 Å². The van der Waals surface area contributed by atoms with Crippen LogP contribution < -0.4 is 5.32 Å². The molecule has 1 aliphatic carbocycles. The second kappa shape index (κ2) is 4.64. The van der Waals surface area contributed by atoms with E-state index < -0.39 is 0 Å². The molecule has 0 aromatic heterocycles. The standard InChI is InChI=1S/C18H23N/c1-18(2,11-12-19-3)16-10-9-14-8-7-13-5-4-6-15(16)17(13)14/h4-6,9-10,19H,7-8,11-12H2,1-3H3. The van der Waals surface area contributed by atoms with Crippen LogP contribution in [-0.2, 0) is 18.3 Å². The smallest absolute Gasteiger partial charge is 0.00436 e. The van der Waals surface area contributed by atoms with Crippen LogP contribution >= 0.6 is 0 Å². The van der Waals surface area contributed by atoms with Gasteiger partial charge in [-0.05, 0) is 65.7 Å². The summed E-state index contributed by atoms with van der Waals surface area (Å²) in [6.45, 7) is 5.79. The Morgan fingerprint density at radius 3 is 2.53 bits per heavy atom. The van der Waals surface area contributed by atoms with E-state index in [0.717, 1.165) is 6.54 Å². The molecule has 2 aromatic carbocycles. The number of benzene rings is 2. The maximum atomic E-state index is 3.28. The number of rotatable bonds is 4. The maximum absolute atomic E-state index is 3.28. The second-order valence-electron chi connectivity index (χ2n) is 6.35. The predicted octanol–water partition coefficient (Wildman–Crippen LogP) is 3.83. The van der Waals surface area contributed by atoms with Crippen molar-refractivity contribution >= 4 is 10.8 Å². The average molecular weight is 253 g/mol. The lowest BCUT2D eigenvalue weighted by Gasteiger charge is -2.27. The minimum absolute atomic E-state index is 0.225. The normalized spacial score (nSPS) is 14.3. The van der Waals surface area contributed by atoms with Gasteiger partial charge in [0.25, 0.3) is 0 Å². The molecule has 0 heterocycles. The maximum Gasteiger partial charge on any atom is -0.00436 e. The largest absolute Gasteiger partial charge is 0.320 e. The Hall–Kier alpha value is -1.34.